The van der Waals surface area contributed by atoms with Crippen molar-refractivity contribution in [1.82, 2.24) is 10.3 Å². The van der Waals surface area contributed by atoms with Crippen LogP contribution < -0.4 is 15.4 Å². The molecule has 2 aromatic rings. The molecule has 0 fully saturated rings. The lowest BCUT2D eigenvalue weighted by Gasteiger charge is -2.08. The number of hydrogen-bond acceptors (Lipinski definition) is 4. The molecule has 24 heavy (non-hydrogen) atoms. The van der Waals surface area contributed by atoms with Gasteiger partial charge in [0, 0.05) is 18.3 Å². The summed E-state index contributed by atoms with van der Waals surface area (Å²) in [5.41, 5.74) is 1.00. The molecule has 0 bridgehead atoms. The number of unbranched alkanes of at least 4 members (excludes halogenated alkanes) is 1. The highest BCUT2D eigenvalue weighted by Crippen LogP contribution is 2.17. The van der Waals surface area contributed by atoms with Crippen molar-refractivity contribution in [2.75, 3.05) is 19.0 Å². The van der Waals surface area contributed by atoms with Gasteiger partial charge in [-0.3, -0.25) is 9.59 Å². The highest BCUT2D eigenvalue weighted by molar-refractivity contribution is 6.03. The van der Waals surface area contributed by atoms with Crippen LogP contribution in [0.5, 0.6) is 5.75 Å². The zero-order chi connectivity index (χ0) is 17.4. The first kappa shape index (κ1) is 17.5. The number of carbonyl (C=O) groups excluding carboxylic acids is 2. The molecule has 1 aromatic carbocycles. The first-order valence-corrected chi connectivity index (χ1v) is 7.84. The number of hydrogen-bond donors (Lipinski definition) is 2. The summed E-state index contributed by atoms with van der Waals surface area (Å²) in [6.45, 7) is 2.64. The van der Waals surface area contributed by atoms with Gasteiger partial charge in [-0.1, -0.05) is 25.5 Å². The minimum Gasteiger partial charge on any atom is -0.497 e. The SMILES string of the molecule is CCCCNC(=O)c1cccc(C(=O)Nc2cccc(OC)c2)n1. The second-order valence-corrected chi connectivity index (χ2v) is 5.20. The van der Waals surface area contributed by atoms with Gasteiger partial charge in [0.2, 0.25) is 0 Å². The fraction of sp³-hybridized carbons (Fsp3) is 0.278. The Bertz CT molecular complexity index is 716. The first-order chi connectivity index (χ1) is 11.6. The van der Waals surface area contributed by atoms with Crippen molar-refractivity contribution in [3.63, 3.8) is 0 Å². The van der Waals surface area contributed by atoms with Gasteiger partial charge in [0.05, 0.1) is 7.11 Å². The van der Waals surface area contributed by atoms with Crippen LogP contribution in [0.4, 0.5) is 5.69 Å². The second kappa shape index (κ2) is 8.67. The predicted molar refractivity (Wildman–Crippen MR) is 92.4 cm³/mol. The van der Waals surface area contributed by atoms with Crippen LogP contribution in [0, 0.1) is 0 Å². The summed E-state index contributed by atoms with van der Waals surface area (Å²) in [4.78, 5) is 28.5. The largest absolute Gasteiger partial charge is 0.497 e. The van der Waals surface area contributed by atoms with Crippen LogP contribution in [-0.4, -0.2) is 30.5 Å². The number of aromatic nitrogens is 1. The number of nitrogens with zero attached hydrogens (tertiary/aromatic N) is 1. The molecule has 0 aliphatic carbocycles. The highest BCUT2D eigenvalue weighted by atomic mass is 16.5. The topological polar surface area (TPSA) is 80.3 Å². The molecular formula is C18H21N3O3. The number of ether oxygens (including phenoxy) is 1. The van der Waals surface area contributed by atoms with E-state index in [0.29, 0.717) is 18.0 Å². The predicted octanol–water partition coefficient (Wildman–Crippen LogP) is 2.87. The number of amides is 2. The van der Waals surface area contributed by atoms with Crippen LogP contribution in [0.3, 0.4) is 0 Å². The van der Waals surface area contributed by atoms with E-state index >= 15 is 0 Å². The van der Waals surface area contributed by atoms with E-state index in [2.05, 4.69) is 15.6 Å². The molecule has 0 spiro atoms. The van der Waals surface area contributed by atoms with Crippen molar-refractivity contribution in [3.05, 3.63) is 53.9 Å². The highest BCUT2D eigenvalue weighted by Gasteiger charge is 2.12. The van der Waals surface area contributed by atoms with Crippen LogP contribution in [0.25, 0.3) is 0 Å². The van der Waals surface area contributed by atoms with Gasteiger partial charge in [0.25, 0.3) is 11.8 Å². The molecule has 2 rings (SSSR count). The Morgan fingerprint density at radius 3 is 2.50 bits per heavy atom. The van der Waals surface area contributed by atoms with Gasteiger partial charge in [-0.05, 0) is 30.7 Å². The number of rotatable bonds is 7. The van der Waals surface area contributed by atoms with Gasteiger partial charge in [0.1, 0.15) is 17.1 Å². The van der Waals surface area contributed by atoms with Crippen molar-refractivity contribution in [1.29, 1.82) is 0 Å². The third kappa shape index (κ3) is 4.81. The Labute approximate surface area is 141 Å². The number of carbonyl (C=O) groups is 2. The molecule has 1 heterocycles. The molecule has 2 N–H and O–H groups in total. The van der Waals surface area contributed by atoms with E-state index in [1.807, 2.05) is 6.92 Å². The maximum absolute atomic E-state index is 12.3. The van der Waals surface area contributed by atoms with Crippen molar-refractivity contribution in [2.45, 2.75) is 19.8 Å². The summed E-state index contributed by atoms with van der Waals surface area (Å²) in [5, 5.41) is 5.52. The molecule has 0 radical (unpaired) electrons. The Balaban J connectivity index is 2.06. The summed E-state index contributed by atoms with van der Waals surface area (Å²) in [6.07, 6.45) is 1.90. The molecule has 6 heteroatoms. The molecule has 126 valence electrons. The van der Waals surface area contributed by atoms with Crippen molar-refractivity contribution in [2.24, 2.45) is 0 Å². The Hall–Kier alpha value is -2.89. The molecule has 0 saturated carbocycles. The third-order valence-corrected chi connectivity index (χ3v) is 3.36. The lowest BCUT2D eigenvalue weighted by Crippen LogP contribution is -2.26. The average Bonchev–Trinajstić information content (AvgIpc) is 2.62. The number of anilines is 1. The summed E-state index contributed by atoms with van der Waals surface area (Å²) < 4.78 is 5.12. The monoisotopic (exact) mass is 327 g/mol. The maximum Gasteiger partial charge on any atom is 0.274 e. The summed E-state index contributed by atoms with van der Waals surface area (Å²) >= 11 is 0. The zero-order valence-electron chi connectivity index (χ0n) is 13.8. The number of benzene rings is 1. The minimum atomic E-state index is -0.383. The summed E-state index contributed by atoms with van der Waals surface area (Å²) in [5.74, 6) is -0.0178. The zero-order valence-corrected chi connectivity index (χ0v) is 13.8. The van der Waals surface area contributed by atoms with Crippen LogP contribution in [-0.2, 0) is 0 Å². The fourth-order valence-corrected chi connectivity index (χ4v) is 2.05. The van der Waals surface area contributed by atoms with Crippen LogP contribution in [0.15, 0.2) is 42.5 Å². The van der Waals surface area contributed by atoms with Crippen LogP contribution >= 0.6 is 0 Å². The number of pyridine rings is 1. The minimum absolute atomic E-state index is 0.181. The van der Waals surface area contributed by atoms with E-state index in [0.717, 1.165) is 12.8 Å². The van der Waals surface area contributed by atoms with E-state index < -0.39 is 0 Å². The smallest absolute Gasteiger partial charge is 0.274 e. The molecule has 0 aliphatic rings. The van der Waals surface area contributed by atoms with Crippen molar-refractivity contribution < 1.29 is 14.3 Å². The first-order valence-electron chi connectivity index (χ1n) is 7.84. The Kier molecular flexibility index (Phi) is 6.31. The summed E-state index contributed by atoms with van der Waals surface area (Å²) in [7, 11) is 1.56. The van der Waals surface area contributed by atoms with E-state index in [1.165, 1.54) is 0 Å². The molecule has 2 amide bonds. The molecule has 0 unspecified atom stereocenters. The maximum atomic E-state index is 12.3. The van der Waals surface area contributed by atoms with Crippen molar-refractivity contribution in [3.8, 4) is 5.75 Å². The molecule has 0 atom stereocenters. The average molecular weight is 327 g/mol. The van der Waals surface area contributed by atoms with Gasteiger partial charge in [-0.2, -0.15) is 0 Å². The van der Waals surface area contributed by atoms with Crippen molar-refractivity contribution >= 4 is 17.5 Å². The molecule has 0 aliphatic heterocycles. The Morgan fingerprint density at radius 2 is 1.79 bits per heavy atom. The van der Waals surface area contributed by atoms with Gasteiger partial charge < -0.3 is 15.4 Å². The van der Waals surface area contributed by atoms with Crippen LogP contribution in [0.2, 0.25) is 0 Å². The fourth-order valence-electron chi connectivity index (χ4n) is 2.05. The molecule has 0 saturated heterocycles. The van der Waals surface area contributed by atoms with E-state index in [-0.39, 0.29) is 23.2 Å². The van der Waals surface area contributed by atoms with E-state index in [1.54, 1.807) is 49.6 Å². The van der Waals surface area contributed by atoms with Crippen LogP contribution in [0.1, 0.15) is 40.7 Å². The van der Waals surface area contributed by atoms with E-state index in [4.69, 9.17) is 4.74 Å². The summed E-state index contributed by atoms with van der Waals surface area (Å²) in [6, 6.07) is 11.8. The third-order valence-electron chi connectivity index (χ3n) is 3.36. The molecule has 6 nitrogen and oxygen atoms in total. The Morgan fingerprint density at radius 1 is 1.08 bits per heavy atom. The molecular weight excluding hydrogens is 306 g/mol. The van der Waals surface area contributed by atoms with Gasteiger partial charge in [-0.15, -0.1) is 0 Å². The van der Waals surface area contributed by atoms with Gasteiger partial charge in [-0.25, -0.2) is 4.98 Å². The van der Waals surface area contributed by atoms with Gasteiger partial charge >= 0.3 is 0 Å². The molecule has 1 aromatic heterocycles. The lowest BCUT2D eigenvalue weighted by molar-refractivity contribution is 0.0948. The number of nitrogens with one attached hydrogen (secondary N) is 2. The van der Waals surface area contributed by atoms with Gasteiger partial charge in [0.15, 0.2) is 0 Å². The number of methoxy groups -OCH3 is 1. The van der Waals surface area contributed by atoms with E-state index in [9.17, 15) is 9.59 Å². The lowest BCUT2D eigenvalue weighted by atomic mass is 10.2. The quantitative estimate of drug-likeness (QED) is 0.766. The normalized spacial score (nSPS) is 10.1. The standard InChI is InChI=1S/C18H21N3O3/c1-3-4-11-19-17(22)15-9-6-10-16(21-15)18(23)20-13-7-5-8-14(12-13)24-2/h5-10,12H,3-4,11H2,1-2H3,(H,19,22)(H,20,23). The second-order valence-electron chi connectivity index (χ2n) is 5.20.